The Balaban J connectivity index is 1.17. The molecule has 5 atom stereocenters. The van der Waals surface area contributed by atoms with Crippen LogP contribution in [0, 0.1) is 0 Å². The molecule has 2 saturated heterocycles. The quantitative estimate of drug-likeness (QED) is 0.121. The smallest absolute Gasteiger partial charge is 0.489 e. The van der Waals surface area contributed by atoms with E-state index in [-0.39, 0.29) is 13.0 Å². The van der Waals surface area contributed by atoms with Gasteiger partial charge in [-0.1, -0.05) is 12.1 Å². The zero-order valence-corrected chi connectivity index (χ0v) is 24.6. The monoisotopic (exact) mass is 635 g/mol. The van der Waals surface area contributed by atoms with Crippen molar-refractivity contribution in [2.24, 2.45) is 17.2 Å². The molecule has 0 radical (unpaired) electrons. The maximum absolute atomic E-state index is 12.8. The molecule has 0 aliphatic carbocycles. The van der Waals surface area contributed by atoms with E-state index < -0.39 is 63.2 Å². The molecule has 18 heteroatoms. The average Bonchev–Trinajstić information content (AvgIpc) is 3.51. The Hall–Kier alpha value is -3.83. The lowest BCUT2D eigenvalue weighted by atomic mass is 10.0. The Morgan fingerprint density at radius 3 is 2.64 bits per heavy atom. The maximum atomic E-state index is 12.8. The van der Waals surface area contributed by atoms with Gasteiger partial charge in [-0.2, -0.15) is 0 Å². The third kappa shape index (κ3) is 7.10. The molecule has 2 fully saturated rings. The molecule has 2 amide bonds. The number of rotatable bonds is 12. The van der Waals surface area contributed by atoms with Gasteiger partial charge < -0.3 is 40.8 Å². The van der Waals surface area contributed by atoms with Gasteiger partial charge >= 0.3 is 26.0 Å². The van der Waals surface area contributed by atoms with Gasteiger partial charge in [0.15, 0.2) is 12.2 Å². The van der Waals surface area contributed by atoms with E-state index >= 15 is 0 Å². The highest BCUT2D eigenvalue weighted by atomic mass is 31.2. The van der Waals surface area contributed by atoms with Gasteiger partial charge in [-0.15, -0.1) is 0 Å². The van der Waals surface area contributed by atoms with Crippen LogP contribution in [0.2, 0.25) is 0 Å². The number of ether oxygens (including phenoxy) is 3. The van der Waals surface area contributed by atoms with Crippen LogP contribution in [0.15, 0.2) is 36.5 Å². The van der Waals surface area contributed by atoms with Crippen molar-refractivity contribution in [2.75, 3.05) is 38.3 Å². The van der Waals surface area contributed by atoms with E-state index in [1.54, 1.807) is 37.5 Å². The number of aromatic nitrogens is 1. The number of carbonyl (C=O) groups excluding carboxylic acids is 3. The van der Waals surface area contributed by atoms with Gasteiger partial charge in [-0.25, -0.2) is 18.9 Å². The number of nitrogens with one attached hydrogen (secondary N) is 1. The number of anilines is 1. The number of phosphoric acid groups is 1. The van der Waals surface area contributed by atoms with E-state index in [4.69, 9.17) is 35.9 Å². The lowest BCUT2D eigenvalue weighted by Gasteiger charge is -2.31. The summed E-state index contributed by atoms with van der Waals surface area (Å²) in [6.45, 7) is 0.264. The minimum atomic E-state index is -4.87. The molecule has 17 nitrogen and oxygen atoms in total. The average molecular weight is 636 g/mol. The molecule has 5 rings (SSSR count). The standard InChI is InChI=1S/C26H34N7O10P/c1-32-11-21(41-25(32)35)17-6-4-15(10-31-17)14-5-7-18-20(9-14)39-12-19-22(42-26(36)33(18)19)13-40-44(37,38)43-23(34)16(27)3-2-8-30-24(28)29/h4-7,9-10,16,19,21-22,24,30H,2-3,8,11-13,27-29H2,1H3,(H,37,38)/t16-,19-,21?,22-/m0/s1. The Labute approximate surface area is 252 Å². The van der Waals surface area contributed by atoms with Crippen LogP contribution in [0.4, 0.5) is 15.3 Å². The number of hydrogen-bond donors (Lipinski definition) is 5. The summed E-state index contributed by atoms with van der Waals surface area (Å²) in [5, 5.41) is 2.74. The van der Waals surface area contributed by atoms with Gasteiger partial charge in [-0.3, -0.25) is 24.6 Å². The summed E-state index contributed by atoms with van der Waals surface area (Å²) in [5.41, 5.74) is 19.1. The van der Waals surface area contributed by atoms with Crippen LogP contribution in [-0.2, 0) is 27.9 Å². The number of likely N-dealkylation sites (N-methyl/N-ethyl adjacent to an activating group) is 1. The molecule has 2 unspecified atom stereocenters. The van der Waals surface area contributed by atoms with Gasteiger partial charge in [0.05, 0.1) is 24.5 Å². The summed E-state index contributed by atoms with van der Waals surface area (Å²) in [6, 6.07) is 7.02. The molecule has 0 bridgehead atoms. The Morgan fingerprint density at radius 1 is 1.18 bits per heavy atom. The van der Waals surface area contributed by atoms with Gasteiger partial charge in [0, 0.05) is 18.8 Å². The number of pyridine rings is 1. The molecular weight excluding hydrogens is 601 g/mol. The number of nitrogens with zero attached hydrogens (tertiary/aromatic N) is 3. The summed E-state index contributed by atoms with van der Waals surface area (Å²) in [5.74, 6) is -0.699. The Bertz CT molecular complexity index is 1440. The van der Waals surface area contributed by atoms with Crippen molar-refractivity contribution in [3.05, 3.63) is 42.2 Å². The molecule has 3 aliphatic rings. The zero-order chi connectivity index (χ0) is 31.6. The Morgan fingerprint density at radius 2 is 1.95 bits per heavy atom. The van der Waals surface area contributed by atoms with Crippen LogP contribution in [0.3, 0.4) is 0 Å². The first-order valence-corrected chi connectivity index (χ1v) is 15.3. The second kappa shape index (κ2) is 13.0. The van der Waals surface area contributed by atoms with E-state index in [0.717, 1.165) is 11.1 Å². The molecule has 2 aromatic rings. The highest BCUT2D eigenvalue weighted by molar-refractivity contribution is 7.48. The van der Waals surface area contributed by atoms with E-state index in [2.05, 4.69) is 14.8 Å². The minimum Gasteiger partial charge on any atom is -0.489 e. The highest BCUT2D eigenvalue weighted by Gasteiger charge is 2.48. The summed E-state index contributed by atoms with van der Waals surface area (Å²) >= 11 is 0. The molecule has 238 valence electrons. The predicted molar refractivity (Wildman–Crippen MR) is 153 cm³/mol. The lowest BCUT2D eigenvalue weighted by Crippen LogP contribution is -2.46. The number of hydrogen-bond acceptors (Lipinski definition) is 14. The van der Waals surface area contributed by atoms with Crippen LogP contribution >= 0.6 is 7.82 Å². The van der Waals surface area contributed by atoms with Gasteiger partial charge in [0.2, 0.25) is 0 Å². The van der Waals surface area contributed by atoms with Crippen LogP contribution in [0.5, 0.6) is 5.75 Å². The fourth-order valence-electron chi connectivity index (χ4n) is 4.93. The molecule has 4 heterocycles. The number of benzene rings is 1. The lowest BCUT2D eigenvalue weighted by molar-refractivity contribution is -0.137. The summed E-state index contributed by atoms with van der Waals surface area (Å²) in [6.07, 6.45) is -1.03. The van der Waals surface area contributed by atoms with Gasteiger partial charge in [0.1, 0.15) is 30.7 Å². The molecular formula is C26H34N7O10P. The number of cyclic esters (lactones) is 2. The van der Waals surface area contributed by atoms with Gasteiger partial charge in [0.25, 0.3) is 0 Å². The first kappa shape index (κ1) is 31.6. The molecule has 3 aliphatic heterocycles. The highest BCUT2D eigenvalue weighted by Crippen LogP contribution is 2.46. The van der Waals surface area contributed by atoms with Crippen LogP contribution in [0.1, 0.15) is 24.6 Å². The van der Waals surface area contributed by atoms with E-state index in [1.165, 1.54) is 9.80 Å². The maximum Gasteiger partial charge on any atom is 0.529 e. The topological polar surface area (TPSA) is 244 Å². The predicted octanol–water partition coefficient (Wildman–Crippen LogP) is 0.516. The molecule has 1 aromatic heterocycles. The third-order valence-corrected chi connectivity index (χ3v) is 8.15. The second-order valence-electron chi connectivity index (χ2n) is 10.5. The fourth-order valence-corrected chi connectivity index (χ4v) is 5.68. The minimum absolute atomic E-state index is 0.00879. The van der Waals surface area contributed by atoms with Crippen LogP contribution in [-0.4, -0.2) is 90.8 Å². The summed E-state index contributed by atoms with van der Waals surface area (Å²) in [4.78, 5) is 54.0. The fraction of sp³-hybridized carbons (Fsp3) is 0.462. The molecule has 0 spiro atoms. The number of carbonyl (C=O) groups is 3. The van der Waals surface area contributed by atoms with Crippen molar-refractivity contribution in [3.8, 4) is 16.9 Å². The number of fused-ring (bicyclic) bond motifs is 3. The van der Waals surface area contributed by atoms with Crippen molar-refractivity contribution >= 4 is 31.7 Å². The second-order valence-corrected chi connectivity index (χ2v) is 11.9. The molecule has 44 heavy (non-hydrogen) atoms. The van der Waals surface area contributed by atoms with Crippen molar-refractivity contribution in [1.82, 2.24) is 15.2 Å². The number of nitrogens with two attached hydrogens (primary N) is 3. The van der Waals surface area contributed by atoms with Crippen molar-refractivity contribution in [3.63, 3.8) is 0 Å². The van der Waals surface area contributed by atoms with E-state index in [1.807, 2.05) is 6.07 Å². The first-order chi connectivity index (χ1) is 20.9. The van der Waals surface area contributed by atoms with Crippen molar-refractivity contribution in [1.29, 1.82) is 0 Å². The SMILES string of the molecule is CN1CC(c2ccc(-c3ccc4c(c3)OC[C@H]3[C@H](COP(=O)(O)OC(=O)[C@@H](N)CCCNC(N)N)OC(=O)N43)cn2)OC1=O. The molecule has 1 aromatic carbocycles. The van der Waals surface area contributed by atoms with Crippen molar-refractivity contribution < 1.29 is 47.1 Å². The first-order valence-electron chi connectivity index (χ1n) is 13.8. The Kier molecular flexibility index (Phi) is 9.36. The van der Waals surface area contributed by atoms with E-state index in [9.17, 15) is 23.8 Å². The van der Waals surface area contributed by atoms with Crippen molar-refractivity contribution in [2.45, 2.75) is 43.4 Å². The largest absolute Gasteiger partial charge is 0.529 e. The summed E-state index contributed by atoms with van der Waals surface area (Å²) < 4.78 is 38.6. The van der Waals surface area contributed by atoms with Gasteiger partial charge in [-0.05, 0) is 43.1 Å². The third-order valence-electron chi connectivity index (χ3n) is 7.26. The zero-order valence-electron chi connectivity index (χ0n) is 23.7. The molecule has 8 N–H and O–H groups in total. The normalized spacial score (nSPS) is 22.9. The van der Waals surface area contributed by atoms with E-state index in [0.29, 0.717) is 36.6 Å². The summed E-state index contributed by atoms with van der Waals surface area (Å²) in [7, 11) is -3.21. The van der Waals surface area contributed by atoms with Crippen LogP contribution in [0.25, 0.3) is 11.1 Å². The number of amides is 2. The van der Waals surface area contributed by atoms with Crippen LogP contribution < -0.4 is 32.2 Å². The molecule has 0 saturated carbocycles. The number of phosphoric ester groups is 1.